The van der Waals surface area contributed by atoms with Gasteiger partial charge in [0.05, 0.1) is 0 Å². The molecular weight excluding hydrogens is 300 g/mol. The average molecular weight is 332 g/mol. The van der Waals surface area contributed by atoms with E-state index in [0.29, 0.717) is 12.5 Å². The normalized spacial score (nSPS) is 16.1. The fourth-order valence-electron chi connectivity index (χ4n) is 3.29. The molecule has 1 fully saturated rings. The minimum absolute atomic E-state index is 0.0170. The summed E-state index contributed by atoms with van der Waals surface area (Å²) in [6, 6.07) is 4.23. The van der Waals surface area contributed by atoms with Crippen molar-refractivity contribution < 1.29 is 4.79 Å². The van der Waals surface area contributed by atoms with Crippen molar-refractivity contribution in [1.82, 2.24) is 15.2 Å². The number of amides is 2. The van der Waals surface area contributed by atoms with E-state index in [1.807, 2.05) is 19.3 Å². The first-order valence-electron chi connectivity index (χ1n) is 9.18. The zero-order valence-corrected chi connectivity index (χ0v) is 15.6. The average Bonchev–Trinajstić information content (AvgIpc) is 2.59. The second-order valence-electron chi connectivity index (χ2n) is 7.28. The minimum atomic E-state index is -0.0170. The zero-order valence-electron chi connectivity index (χ0n) is 15.6. The molecule has 24 heavy (non-hydrogen) atoms. The van der Waals surface area contributed by atoms with E-state index in [2.05, 4.69) is 42.0 Å². The van der Waals surface area contributed by atoms with Crippen LogP contribution in [0.1, 0.15) is 52.0 Å². The van der Waals surface area contributed by atoms with Crippen molar-refractivity contribution in [2.75, 3.05) is 25.0 Å². The second kappa shape index (κ2) is 8.90. The zero-order chi connectivity index (χ0) is 17.5. The number of pyridine rings is 1. The number of anilines is 1. The van der Waals surface area contributed by atoms with Crippen LogP contribution < -0.4 is 10.2 Å². The Kier molecular flexibility index (Phi) is 6.88. The van der Waals surface area contributed by atoms with Crippen LogP contribution in [0.2, 0.25) is 0 Å². The van der Waals surface area contributed by atoms with Gasteiger partial charge in [-0.3, -0.25) is 0 Å². The number of urea groups is 1. The lowest BCUT2D eigenvalue weighted by Gasteiger charge is -2.30. The van der Waals surface area contributed by atoms with Crippen molar-refractivity contribution in [3.63, 3.8) is 0 Å². The molecule has 1 aromatic heterocycles. The predicted molar refractivity (Wildman–Crippen MR) is 99.2 cm³/mol. The van der Waals surface area contributed by atoms with E-state index in [1.165, 1.54) is 19.3 Å². The number of nitrogens with zero attached hydrogens (tertiary/aromatic N) is 3. The third kappa shape index (κ3) is 5.11. The molecule has 2 heterocycles. The molecule has 2 amide bonds. The third-order valence-electron chi connectivity index (χ3n) is 4.75. The van der Waals surface area contributed by atoms with Gasteiger partial charge in [-0.25, -0.2) is 9.78 Å². The molecule has 0 spiro atoms. The van der Waals surface area contributed by atoms with Gasteiger partial charge in [-0.1, -0.05) is 19.9 Å². The summed E-state index contributed by atoms with van der Waals surface area (Å²) in [5.74, 6) is 1.61. The summed E-state index contributed by atoms with van der Waals surface area (Å²) >= 11 is 0. The molecule has 1 aliphatic rings. The van der Waals surface area contributed by atoms with E-state index in [0.717, 1.165) is 30.9 Å². The van der Waals surface area contributed by atoms with Crippen LogP contribution in [-0.2, 0) is 6.54 Å². The highest BCUT2D eigenvalue weighted by molar-refractivity contribution is 5.74. The molecule has 0 radical (unpaired) electrons. The largest absolute Gasteiger partial charge is 0.356 e. The van der Waals surface area contributed by atoms with E-state index in [4.69, 9.17) is 0 Å². The Morgan fingerprint density at radius 3 is 2.67 bits per heavy atom. The summed E-state index contributed by atoms with van der Waals surface area (Å²) in [6.07, 6.45) is 6.59. The molecular formula is C19H32N4O. The molecule has 1 atom stereocenters. The van der Waals surface area contributed by atoms with Crippen molar-refractivity contribution in [3.8, 4) is 0 Å². The lowest BCUT2D eigenvalue weighted by Crippen LogP contribution is -2.42. The standard InChI is InChI=1S/C19H32N4O/c1-15(2)13-16(3)22(4)19(24)21-14-17-9-8-10-20-18(17)23-11-6-5-7-12-23/h8-10,15-16H,5-7,11-14H2,1-4H3,(H,21,24). The summed E-state index contributed by atoms with van der Waals surface area (Å²) in [6.45, 7) is 9.11. The van der Waals surface area contributed by atoms with Gasteiger partial charge in [0, 0.05) is 44.5 Å². The summed E-state index contributed by atoms with van der Waals surface area (Å²) < 4.78 is 0. The van der Waals surface area contributed by atoms with Crippen molar-refractivity contribution in [3.05, 3.63) is 23.9 Å². The number of rotatable bonds is 6. The van der Waals surface area contributed by atoms with Crippen molar-refractivity contribution in [2.45, 2.75) is 59.0 Å². The molecule has 1 aliphatic heterocycles. The van der Waals surface area contributed by atoms with Gasteiger partial charge in [-0.2, -0.15) is 0 Å². The van der Waals surface area contributed by atoms with E-state index < -0.39 is 0 Å². The molecule has 0 bridgehead atoms. The van der Waals surface area contributed by atoms with Crippen LogP contribution in [0.25, 0.3) is 0 Å². The van der Waals surface area contributed by atoms with Crippen LogP contribution >= 0.6 is 0 Å². The summed E-state index contributed by atoms with van der Waals surface area (Å²) in [4.78, 5) is 21.1. The van der Waals surface area contributed by atoms with Gasteiger partial charge in [-0.05, 0) is 44.6 Å². The van der Waals surface area contributed by atoms with Crippen molar-refractivity contribution in [1.29, 1.82) is 0 Å². The molecule has 5 heteroatoms. The molecule has 0 saturated carbocycles. The maximum absolute atomic E-state index is 12.4. The number of hydrogen-bond donors (Lipinski definition) is 1. The quantitative estimate of drug-likeness (QED) is 0.865. The van der Waals surface area contributed by atoms with Gasteiger partial charge in [0.25, 0.3) is 0 Å². The first-order chi connectivity index (χ1) is 11.5. The first-order valence-corrected chi connectivity index (χ1v) is 9.18. The summed E-state index contributed by atoms with van der Waals surface area (Å²) in [5, 5.41) is 3.05. The van der Waals surface area contributed by atoms with E-state index in [-0.39, 0.29) is 12.1 Å². The molecule has 1 saturated heterocycles. The fraction of sp³-hybridized carbons (Fsp3) is 0.684. The molecule has 1 N–H and O–H groups in total. The Bertz CT molecular complexity index is 526. The molecule has 0 aliphatic carbocycles. The van der Waals surface area contributed by atoms with Gasteiger partial charge in [0.1, 0.15) is 5.82 Å². The van der Waals surface area contributed by atoms with E-state index in [1.54, 1.807) is 4.90 Å². The van der Waals surface area contributed by atoms with Crippen LogP contribution in [0.4, 0.5) is 10.6 Å². The topological polar surface area (TPSA) is 48.5 Å². The predicted octanol–water partition coefficient (Wildman–Crippen LogP) is 3.65. The van der Waals surface area contributed by atoms with Crippen LogP contribution in [-0.4, -0.2) is 42.1 Å². The van der Waals surface area contributed by atoms with Gasteiger partial charge < -0.3 is 15.1 Å². The maximum Gasteiger partial charge on any atom is 0.317 e. The Hall–Kier alpha value is -1.78. The van der Waals surface area contributed by atoms with Crippen LogP contribution in [0, 0.1) is 5.92 Å². The fourth-order valence-corrected chi connectivity index (χ4v) is 3.29. The minimum Gasteiger partial charge on any atom is -0.356 e. The number of hydrogen-bond acceptors (Lipinski definition) is 3. The van der Waals surface area contributed by atoms with Gasteiger partial charge >= 0.3 is 6.03 Å². The van der Waals surface area contributed by atoms with Crippen LogP contribution in [0.15, 0.2) is 18.3 Å². The van der Waals surface area contributed by atoms with Crippen molar-refractivity contribution >= 4 is 11.8 Å². The molecule has 134 valence electrons. The summed E-state index contributed by atoms with van der Waals surface area (Å²) in [5.41, 5.74) is 1.10. The monoisotopic (exact) mass is 332 g/mol. The Morgan fingerprint density at radius 2 is 2.00 bits per heavy atom. The van der Waals surface area contributed by atoms with E-state index in [9.17, 15) is 4.79 Å². The Morgan fingerprint density at radius 1 is 1.29 bits per heavy atom. The molecule has 5 nitrogen and oxygen atoms in total. The third-order valence-corrected chi connectivity index (χ3v) is 4.75. The maximum atomic E-state index is 12.4. The van der Waals surface area contributed by atoms with Gasteiger partial charge in [-0.15, -0.1) is 0 Å². The lowest BCUT2D eigenvalue weighted by atomic mass is 10.0. The highest BCUT2D eigenvalue weighted by Gasteiger charge is 2.19. The Labute approximate surface area is 146 Å². The molecule has 2 rings (SSSR count). The smallest absolute Gasteiger partial charge is 0.317 e. The number of piperidine rings is 1. The highest BCUT2D eigenvalue weighted by Crippen LogP contribution is 2.21. The lowest BCUT2D eigenvalue weighted by molar-refractivity contribution is 0.186. The summed E-state index contributed by atoms with van der Waals surface area (Å²) in [7, 11) is 1.87. The van der Waals surface area contributed by atoms with Gasteiger partial charge in [0.2, 0.25) is 0 Å². The first kappa shape index (κ1) is 18.6. The van der Waals surface area contributed by atoms with Crippen molar-refractivity contribution in [2.24, 2.45) is 5.92 Å². The highest BCUT2D eigenvalue weighted by atomic mass is 16.2. The van der Waals surface area contributed by atoms with Crippen LogP contribution in [0.3, 0.4) is 0 Å². The number of carbonyl (C=O) groups is 1. The van der Waals surface area contributed by atoms with Crippen LogP contribution in [0.5, 0.6) is 0 Å². The number of nitrogens with one attached hydrogen (secondary N) is 1. The van der Waals surface area contributed by atoms with Gasteiger partial charge in [0.15, 0.2) is 0 Å². The molecule has 0 aromatic carbocycles. The second-order valence-corrected chi connectivity index (χ2v) is 7.28. The Balaban J connectivity index is 1.95. The SMILES string of the molecule is CC(C)CC(C)N(C)C(=O)NCc1cccnc1N1CCCCC1. The van der Waals surface area contributed by atoms with E-state index >= 15 is 0 Å². The number of aromatic nitrogens is 1. The molecule has 1 unspecified atom stereocenters. The number of carbonyl (C=O) groups excluding carboxylic acids is 1. The molecule has 1 aromatic rings.